The average molecular weight is 331 g/mol. The average Bonchev–Trinajstić information content (AvgIpc) is 3.04. The molecule has 1 fully saturated rings. The molecule has 0 unspecified atom stereocenters. The van der Waals surface area contributed by atoms with E-state index in [9.17, 15) is 0 Å². The molecule has 7 nitrogen and oxygen atoms in total. The van der Waals surface area contributed by atoms with Crippen LogP contribution in [0.4, 0.5) is 0 Å². The van der Waals surface area contributed by atoms with Gasteiger partial charge in [-0.25, -0.2) is 0 Å². The predicted octanol–water partition coefficient (Wildman–Crippen LogP) is 1.67. The molecule has 0 aliphatic carbocycles. The molecule has 1 aliphatic heterocycles. The van der Waals surface area contributed by atoms with Gasteiger partial charge in [0.2, 0.25) is 11.7 Å². The molecule has 0 atom stereocenters. The zero-order valence-corrected chi connectivity index (χ0v) is 14.6. The quantitative estimate of drug-likeness (QED) is 0.797. The van der Waals surface area contributed by atoms with Crippen LogP contribution in [0.1, 0.15) is 19.7 Å². The van der Waals surface area contributed by atoms with Crippen LogP contribution in [0.2, 0.25) is 0 Å². The van der Waals surface area contributed by atoms with Gasteiger partial charge in [0.15, 0.2) is 0 Å². The highest BCUT2D eigenvalue weighted by Gasteiger charge is 2.29. The van der Waals surface area contributed by atoms with Crippen LogP contribution < -0.4 is 0 Å². The molecule has 0 radical (unpaired) electrons. The van der Waals surface area contributed by atoms with Crippen molar-refractivity contribution in [2.45, 2.75) is 25.9 Å². The van der Waals surface area contributed by atoms with Gasteiger partial charge >= 0.3 is 0 Å². The van der Waals surface area contributed by atoms with Gasteiger partial charge in [0.25, 0.3) is 0 Å². The van der Waals surface area contributed by atoms with Gasteiger partial charge in [-0.05, 0) is 33.0 Å². The highest BCUT2D eigenvalue weighted by Crippen LogP contribution is 2.19. The van der Waals surface area contributed by atoms with Crippen molar-refractivity contribution < 1.29 is 9.26 Å². The molecule has 7 heteroatoms. The van der Waals surface area contributed by atoms with Crippen molar-refractivity contribution in [3.63, 3.8) is 0 Å². The van der Waals surface area contributed by atoms with Crippen LogP contribution in [0.15, 0.2) is 29.0 Å². The molecule has 130 valence electrons. The molecule has 3 heterocycles. The second kappa shape index (κ2) is 7.38. The number of morpholine rings is 1. The third-order valence-electron chi connectivity index (χ3n) is 4.32. The molecule has 1 saturated heterocycles. The molecule has 0 bridgehead atoms. The molecule has 0 amide bonds. The van der Waals surface area contributed by atoms with E-state index in [4.69, 9.17) is 9.26 Å². The maximum absolute atomic E-state index is 5.45. The Bertz CT molecular complexity index is 637. The Morgan fingerprint density at radius 3 is 2.79 bits per heavy atom. The molecule has 2 aromatic heterocycles. The Hall–Kier alpha value is -1.83. The number of hydrogen-bond donors (Lipinski definition) is 0. The summed E-state index contributed by atoms with van der Waals surface area (Å²) >= 11 is 0. The molecular weight excluding hydrogens is 306 g/mol. The molecule has 24 heavy (non-hydrogen) atoms. The number of nitrogens with zero attached hydrogens (tertiary/aromatic N) is 5. The largest absolute Gasteiger partial charge is 0.379 e. The van der Waals surface area contributed by atoms with E-state index in [-0.39, 0.29) is 5.54 Å². The minimum absolute atomic E-state index is 0.0741. The van der Waals surface area contributed by atoms with Crippen LogP contribution in [-0.4, -0.2) is 70.4 Å². The summed E-state index contributed by atoms with van der Waals surface area (Å²) in [5.74, 6) is 1.20. The zero-order valence-electron chi connectivity index (χ0n) is 14.6. The van der Waals surface area contributed by atoms with Crippen molar-refractivity contribution in [1.82, 2.24) is 24.9 Å². The third kappa shape index (κ3) is 4.17. The summed E-state index contributed by atoms with van der Waals surface area (Å²) in [6.45, 7) is 9.65. The van der Waals surface area contributed by atoms with E-state index in [2.05, 4.69) is 45.8 Å². The first-order valence-electron chi connectivity index (χ1n) is 8.29. The SMILES string of the molecule is CN(Cc1nc(-c2cccnc2)no1)CC(C)(C)N1CCOCC1. The number of ether oxygens (including phenoxy) is 1. The Morgan fingerprint density at radius 2 is 2.08 bits per heavy atom. The number of pyridine rings is 1. The van der Waals surface area contributed by atoms with E-state index in [0.717, 1.165) is 38.4 Å². The van der Waals surface area contributed by atoms with Crippen molar-refractivity contribution in [1.29, 1.82) is 0 Å². The van der Waals surface area contributed by atoms with Gasteiger partial charge in [-0.15, -0.1) is 0 Å². The second-order valence-electron chi connectivity index (χ2n) is 6.84. The Balaban J connectivity index is 1.58. The molecule has 3 rings (SSSR count). The van der Waals surface area contributed by atoms with Crippen LogP contribution in [0, 0.1) is 0 Å². The highest BCUT2D eigenvalue weighted by atomic mass is 16.5. The first-order valence-corrected chi connectivity index (χ1v) is 8.29. The summed E-state index contributed by atoms with van der Waals surface area (Å²) in [4.78, 5) is 13.2. The molecule has 0 N–H and O–H groups in total. The fourth-order valence-corrected chi connectivity index (χ4v) is 3.15. The van der Waals surface area contributed by atoms with Gasteiger partial charge in [-0.1, -0.05) is 5.16 Å². The molecule has 0 spiro atoms. The second-order valence-corrected chi connectivity index (χ2v) is 6.84. The van der Waals surface area contributed by atoms with Gasteiger partial charge in [0.1, 0.15) is 0 Å². The molecular formula is C17H25N5O2. The minimum atomic E-state index is 0.0741. The van der Waals surface area contributed by atoms with Crippen LogP contribution in [0.25, 0.3) is 11.4 Å². The lowest BCUT2D eigenvalue weighted by Gasteiger charge is -2.42. The van der Waals surface area contributed by atoms with E-state index in [0.29, 0.717) is 18.3 Å². The van der Waals surface area contributed by atoms with Crippen molar-refractivity contribution >= 4 is 0 Å². The van der Waals surface area contributed by atoms with E-state index in [1.807, 2.05) is 12.1 Å². The van der Waals surface area contributed by atoms with Crippen LogP contribution in [0.5, 0.6) is 0 Å². The van der Waals surface area contributed by atoms with Crippen molar-refractivity contribution in [2.75, 3.05) is 39.9 Å². The normalized spacial score (nSPS) is 16.7. The molecule has 1 aliphatic rings. The van der Waals surface area contributed by atoms with Gasteiger partial charge in [0, 0.05) is 43.1 Å². The van der Waals surface area contributed by atoms with Crippen LogP contribution >= 0.6 is 0 Å². The fraction of sp³-hybridized carbons (Fsp3) is 0.588. The Kier molecular flexibility index (Phi) is 5.23. The summed E-state index contributed by atoms with van der Waals surface area (Å²) in [6.07, 6.45) is 3.46. The Labute approximate surface area is 142 Å². The number of rotatable bonds is 6. The number of likely N-dealkylation sites (N-methyl/N-ethyl adjacent to an activating group) is 1. The van der Waals surface area contributed by atoms with Crippen LogP contribution in [0.3, 0.4) is 0 Å². The zero-order chi connectivity index (χ0) is 17.0. The summed E-state index contributed by atoms with van der Waals surface area (Å²) in [5, 5.41) is 4.05. The van der Waals surface area contributed by atoms with Crippen molar-refractivity contribution in [3.05, 3.63) is 30.4 Å². The van der Waals surface area contributed by atoms with Crippen molar-refractivity contribution in [2.24, 2.45) is 0 Å². The molecule has 0 aromatic carbocycles. The lowest BCUT2D eigenvalue weighted by molar-refractivity contribution is -0.0206. The first-order chi connectivity index (χ1) is 11.5. The summed E-state index contributed by atoms with van der Waals surface area (Å²) in [5.41, 5.74) is 0.939. The van der Waals surface area contributed by atoms with Gasteiger partial charge in [-0.3, -0.25) is 14.8 Å². The maximum Gasteiger partial charge on any atom is 0.241 e. The fourth-order valence-electron chi connectivity index (χ4n) is 3.15. The molecule has 2 aromatic rings. The van der Waals surface area contributed by atoms with Gasteiger partial charge in [-0.2, -0.15) is 4.98 Å². The molecule has 0 saturated carbocycles. The lowest BCUT2D eigenvalue weighted by atomic mass is 10.0. The Morgan fingerprint density at radius 1 is 1.29 bits per heavy atom. The van der Waals surface area contributed by atoms with Gasteiger partial charge < -0.3 is 9.26 Å². The van der Waals surface area contributed by atoms with Crippen molar-refractivity contribution in [3.8, 4) is 11.4 Å². The van der Waals surface area contributed by atoms with E-state index in [1.54, 1.807) is 12.4 Å². The highest BCUT2D eigenvalue weighted by molar-refractivity contribution is 5.51. The summed E-state index contributed by atoms with van der Waals surface area (Å²) in [7, 11) is 2.08. The van der Waals surface area contributed by atoms with E-state index in [1.165, 1.54) is 0 Å². The summed E-state index contributed by atoms with van der Waals surface area (Å²) in [6, 6.07) is 3.79. The van der Waals surface area contributed by atoms with E-state index >= 15 is 0 Å². The summed E-state index contributed by atoms with van der Waals surface area (Å²) < 4.78 is 10.8. The third-order valence-corrected chi connectivity index (χ3v) is 4.32. The topological polar surface area (TPSA) is 67.5 Å². The number of aromatic nitrogens is 3. The smallest absolute Gasteiger partial charge is 0.241 e. The predicted molar refractivity (Wildman–Crippen MR) is 90.3 cm³/mol. The first kappa shape index (κ1) is 17.0. The van der Waals surface area contributed by atoms with Crippen LogP contribution in [-0.2, 0) is 11.3 Å². The van der Waals surface area contributed by atoms with E-state index < -0.39 is 0 Å². The minimum Gasteiger partial charge on any atom is -0.379 e. The number of hydrogen-bond acceptors (Lipinski definition) is 7. The van der Waals surface area contributed by atoms with Gasteiger partial charge in [0.05, 0.1) is 19.8 Å². The maximum atomic E-state index is 5.45. The standard InChI is InChI=1S/C17H25N5O2/c1-17(2,22-7-9-23-10-8-22)13-21(3)12-15-19-16(20-24-15)14-5-4-6-18-11-14/h4-6,11H,7-10,12-13H2,1-3H3. The lowest BCUT2D eigenvalue weighted by Crippen LogP contribution is -2.54. The monoisotopic (exact) mass is 331 g/mol.